The van der Waals surface area contributed by atoms with E-state index in [1.807, 2.05) is 79.7 Å². The van der Waals surface area contributed by atoms with E-state index < -0.39 is 0 Å². The predicted octanol–water partition coefficient (Wildman–Crippen LogP) is 7.23. The first-order chi connectivity index (χ1) is 20.4. The summed E-state index contributed by atoms with van der Waals surface area (Å²) in [6, 6.07) is 28.0. The van der Waals surface area contributed by atoms with Crippen LogP contribution in [0.3, 0.4) is 0 Å². The molecule has 2 aromatic heterocycles. The smallest absolute Gasteiger partial charge is 0.282 e. The minimum Gasteiger partial charge on any atom is -0.482 e. The van der Waals surface area contributed by atoms with Crippen molar-refractivity contribution in [3.05, 3.63) is 120 Å². The Morgan fingerprint density at radius 3 is 2.50 bits per heavy atom. The number of aryl methyl sites for hydroxylation is 1. The summed E-state index contributed by atoms with van der Waals surface area (Å²) in [6.07, 6.45) is 1.60. The Kier molecular flexibility index (Phi) is 8.07. The van der Waals surface area contributed by atoms with Gasteiger partial charge in [-0.3, -0.25) is 9.59 Å². The number of benzene rings is 4. The molecule has 6 aromatic rings. The summed E-state index contributed by atoms with van der Waals surface area (Å²) in [6.45, 7) is 1.80. The topological polar surface area (TPSA) is 98.7 Å². The van der Waals surface area contributed by atoms with E-state index in [0.717, 1.165) is 29.3 Å². The molecule has 42 heavy (non-hydrogen) atoms. The molecule has 6 rings (SSSR count). The molecule has 0 aliphatic carbocycles. The van der Waals surface area contributed by atoms with Gasteiger partial charge in [0.05, 0.1) is 24.3 Å². The Balaban J connectivity index is 1.29. The SMILES string of the molecule is Cc1ccccc1NC(=O)COc1c(I)cc(C=Nn2c(-c3cc4ccccc4o3)nc3ccccc3c2=O)cc1I. The van der Waals surface area contributed by atoms with Gasteiger partial charge >= 0.3 is 0 Å². The van der Waals surface area contributed by atoms with E-state index in [2.05, 4.69) is 55.6 Å². The molecular formula is C32H22I2N4O4. The second-order valence-electron chi connectivity index (χ2n) is 9.43. The fraction of sp³-hybridized carbons (Fsp3) is 0.0625. The Labute approximate surface area is 267 Å². The third-order valence-electron chi connectivity index (χ3n) is 6.51. The van der Waals surface area contributed by atoms with Crippen molar-refractivity contribution in [2.75, 3.05) is 11.9 Å². The van der Waals surface area contributed by atoms with E-state index in [1.165, 1.54) is 4.68 Å². The van der Waals surface area contributed by atoms with Gasteiger partial charge in [0.15, 0.2) is 12.4 Å². The monoisotopic (exact) mass is 780 g/mol. The molecule has 8 nitrogen and oxygen atoms in total. The molecule has 1 N–H and O–H groups in total. The van der Waals surface area contributed by atoms with E-state index in [4.69, 9.17) is 14.1 Å². The van der Waals surface area contributed by atoms with Crippen LogP contribution in [0.4, 0.5) is 5.69 Å². The molecule has 2 heterocycles. The maximum Gasteiger partial charge on any atom is 0.282 e. The Morgan fingerprint density at radius 1 is 1.00 bits per heavy atom. The molecule has 0 saturated carbocycles. The standard InChI is InChI=1S/C32H22I2N4O4/c1-19-8-2-5-11-25(19)36-29(39)18-41-30-23(33)14-20(15-24(30)34)17-35-38-31(28-16-21-9-3-7-13-27(21)42-28)37-26-12-6-4-10-22(26)32(38)40/h2-17H,18H2,1H3,(H,36,39). The molecule has 0 fully saturated rings. The van der Waals surface area contributed by atoms with Crippen LogP contribution in [0, 0.1) is 14.1 Å². The fourth-order valence-corrected chi connectivity index (χ4v) is 6.56. The predicted molar refractivity (Wildman–Crippen MR) is 181 cm³/mol. The number of hydrogen-bond donors (Lipinski definition) is 1. The lowest BCUT2D eigenvalue weighted by molar-refractivity contribution is -0.118. The molecule has 0 aliphatic rings. The van der Waals surface area contributed by atoms with Crippen molar-refractivity contribution >= 4 is 84.9 Å². The number of anilines is 1. The number of carbonyl (C=O) groups is 1. The van der Waals surface area contributed by atoms with Crippen LogP contribution in [0.1, 0.15) is 11.1 Å². The average molecular weight is 780 g/mol. The third kappa shape index (κ3) is 5.81. The molecule has 4 aromatic carbocycles. The molecule has 0 atom stereocenters. The van der Waals surface area contributed by atoms with Crippen molar-refractivity contribution in [3.63, 3.8) is 0 Å². The number of ether oxygens (including phenoxy) is 1. The molecule has 0 spiro atoms. The van der Waals surface area contributed by atoms with Crippen molar-refractivity contribution < 1.29 is 13.9 Å². The number of carbonyl (C=O) groups excluding carboxylic acids is 1. The second-order valence-corrected chi connectivity index (χ2v) is 11.8. The lowest BCUT2D eigenvalue weighted by atomic mass is 10.2. The van der Waals surface area contributed by atoms with Crippen molar-refractivity contribution in [1.29, 1.82) is 0 Å². The normalized spacial score (nSPS) is 11.4. The largest absolute Gasteiger partial charge is 0.482 e. The number of furan rings is 1. The summed E-state index contributed by atoms with van der Waals surface area (Å²) in [4.78, 5) is 30.8. The van der Waals surface area contributed by atoms with Crippen molar-refractivity contribution in [1.82, 2.24) is 9.66 Å². The lowest BCUT2D eigenvalue weighted by Crippen LogP contribution is -2.21. The van der Waals surface area contributed by atoms with E-state index in [0.29, 0.717) is 33.8 Å². The van der Waals surface area contributed by atoms with Gasteiger partial charge in [0.25, 0.3) is 11.5 Å². The number of aromatic nitrogens is 2. The first-order valence-electron chi connectivity index (χ1n) is 12.9. The highest BCUT2D eigenvalue weighted by Gasteiger charge is 2.17. The minimum absolute atomic E-state index is 0.132. The molecular weight excluding hydrogens is 758 g/mol. The zero-order valence-electron chi connectivity index (χ0n) is 22.2. The van der Waals surface area contributed by atoms with E-state index in [-0.39, 0.29) is 18.1 Å². The lowest BCUT2D eigenvalue weighted by Gasteiger charge is -2.12. The van der Waals surface area contributed by atoms with Crippen LogP contribution < -0.4 is 15.6 Å². The number of rotatable bonds is 7. The zero-order valence-corrected chi connectivity index (χ0v) is 26.5. The highest BCUT2D eigenvalue weighted by molar-refractivity contribution is 14.1. The Hall–Kier alpha value is -4.04. The molecule has 0 bridgehead atoms. The van der Waals surface area contributed by atoms with Gasteiger partial charge in [-0.15, -0.1) is 0 Å². The fourth-order valence-electron chi connectivity index (χ4n) is 4.44. The summed E-state index contributed by atoms with van der Waals surface area (Å²) in [5.74, 6) is 1.09. The number of fused-ring (bicyclic) bond motifs is 2. The maximum atomic E-state index is 13.6. The van der Waals surface area contributed by atoms with Gasteiger partial charge in [-0.2, -0.15) is 9.78 Å². The molecule has 0 radical (unpaired) electrons. The zero-order chi connectivity index (χ0) is 29.2. The molecule has 0 unspecified atom stereocenters. The van der Waals surface area contributed by atoms with Crippen LogP contribution in [-0.4, -0.2) is 28.4 Å². The number of halogens is 2. The van der Waals surface area contributed by atoms with Gasteiger partial charge < -0.3 is 14.5 Å². The van der Waals surface area contributed by atoms with Crippen LogP contribution >= 0.6 is 45.2 Å². The number of nitrogens with zero attached hydrogens (tertiary/aromatic N) is 3. The minimum atomic E-state index is -0.309. The molecule has 0 aliphatic heterocycles. The molecule has 208 valence electrons. The van der Waals surface area contributed by atoms with Crippen molar-refractivity contribution in [2.45, 2.75) is 6.92 Å². The van der Waals surface area contributed by atoms with Crippen LogP contribution in [0.5, 0.6) is 5.75 Å². The summed E-state index contributed by atoms with van der Waals surface area (Å²) in [5.41, 5.74) is 3.41. The highest BCUT2D eigenvalue weighted by atomic mass is 127. The number of hydrogen-bond acceptors (Lipinski definition) is 6. The average Bonchev–Trinajstić information content (AvgIpc) is 3.42. The van der Waals surface area contributed by atoms with Gasteiger partial charge in [-0.05, 0) is 106 Å². The van der Waals surface area contributed by atoms with Gasteiger partial charge in [-0.25, -0.2) is 4.98 Å². The van der Waals surface area contributed by atoms with Gasteiger partial charge in [-0.1, -0.05) is 48.5 Å². The summed E-state index contributed by atoms with van der Waals surface area (Å²) in [5, 5.41) is 8.79. The summed E-state index contributed by atoms with van der Waals surface area (Å²) < 4.78 is 14.8. The van der Waals surface area contributed by atoms with Gasteiger partial charge in [0, 0.05) is 11.1 Å². The first-order valence-corrected chi connectivity index (χ1v) is 15.1. The van der Waals surface area contributed by atoms with Gasteiger partial charge in [0.1, 0.15) is 11.3 Å². The first kappa shape index (κ1) is 28.1. The number of amides is 1. The number of nitrogens with one attached hydrogen (secondary N) is 1. The van der Waals surface area contributed by atoms with E-state index in [9.17, 15) is 9.59 Å². The van der Waals surface area contributed by atoms with Crippen LogP contribution in [0.15, 0.2) is 105 Å². The Morgan fingerprint density at radius 2 is 1.71 bits per heavy atom. The molecule has 0 saturated heterocycles. The van der Waals surface area contributed by atoms with Crippen LogP contribution in [0.25, 0.3) is 33.5 Å². The Bertz CT molecular complexity index is 2010. The molecule has 1 amide bonds. The van der Waals surface area contributed by atoms with Crippen molar-refractivity contribution in [2.24, 2.45) is 5.10 Å². The highest BCUT2D eigenvalue weighted by Crippen LogP contribution is 2.30. The van der Waals surface area contributed by atoms with Crippen molar-refractivity contribution in [3.8, 4) is 17.3 Å². The molecule has 10 heteroatoms. The second kappa shape index (κ2) is 12.1. The third-order valence-corrected chi connectivity index (χ3v) is 8.11. The summed E-state index contributed by atoms with van der Waals surface area (Å²) >= 11 is 4.33. The van der Waals surface area contributed by atoms with E-state index >= 15 is 0 Å². The van der Waals surface area contributed by atoms with E-state index in [1.54, 1.807) is 24.4 Å². The van der Waals surface area contributed by atoms with Crippen LogP contribution in [0.2, 0.25) is 0 Å². The summed E-state index contributed by atoms with van der Waals surface area (Å²) in [7, 11) is 0. The van der Waals surface area contributed by atoms with Gasteiger partial charge in [0.2, 0.25) is 5.82 Å². The quantitative estimate of drug-likeness (QED) is 0.136. The maximum absolute atomic E-state index is 13.6. The van der Waals surface area contributed by atoms with Crippen LogP contribution in [-0.2, 0) is 4.79 Å². The number of para-hydroxylation sites is 3.